The van der Waals surface area contributed by atoms with Crippen LogP contribution in [0.15, 0.2) is 36.7 Å². The van der Waals surface area contributed by atoms with Crippen LogP contribution in [0.2, 0.25) is 0 Å². The van der Waals surface area contributed by atoms with Gasteiger partial charge in [0.05, 0.1) is 31.1 Å². The molecule has 1 unspecified atom stereocenters. The van der Waals surface area contributed by atoms with Crippen LogP contribution in [0.5, 0.6) is 0 Å². The van der Waals surface area contributed by atoms with Crippen molar-refractivity contribution in [1.82, 2.24) is 14.7 Å². The molecule has 2 saturated heterocycles. The number of para-hydroxylation sites is 1. The Kier molecular flexibility index (Phi) is 5.13. The Morgan fingerprint density at radius 1 is 1.22 bits per heavy atom. The standard InChI is InChI=1S/C20H27N5O2/c1-16-12-24(9-10-27-16)19-6-4-3-5-17(19)13-23-7-8-25(20(26)15-23)18-11-21-22(2)14-18/h3-6,11,14,16H,7-10,12-13,15H2,1-2H3. The molecule has 4 rings (SSSR count). The summed E-state index contributed by atoms with van der Waals surface area (Å²) in [5.41, 5.74) is 3.41. The summed E-state index contributed by atoms with van der Waals surface area (Å²) in [6.07, 6.45) is 3.89. The highest BCUT2D eigenvalue weighted by molar-refractivity contribution is 5.95. The summed E-state index contributed by atoms with van der Waals surface area (Å²) < 4.78 is 7.41. The first-order valence-electron chi connectivity index (χ1n) is 9.56. The number of hydrogen-bond acceptors (Lipinski definition) is 5. The number of morpholine rings is 1. The quantitative estimate of drug-likeness (QED) is 0.817. The van der Waals surface area contributed by atoms with Gasteiger partial charge in [-0.3, -0.25) is 14.4 Å². The van der Waals surface area contributed by atoms with Crippen molar-refractivity contribution in [3.05, 3.63) is 42.2 Å². The molecule has 0 saturated carbocycles. The largest absolute Gasteiger partial charge is 0.375 e. The molecule has 1 atom stereocenters. The van der Waals surface area contributed by atoms with E-state index in [-0.39, 0.29) is 12.0 Å². The second-order valence-corrected chi connectivity index (χ2v) is 7.38. The van der Waals surface area contributed by atoms with Crippen LogP contribution in [0.3, 0.4) is 0 Å². The number of benzene rings is 1. The van der Waals surface area contributed by atoms with Gasteiger partial charge in [0.25, 0.3) is 0 Å². The Labute approximate surface area is 160 Å². The summed E-state index contributed by atoms with van der Waals surface area (Å²) in [5, 5.41) is 4.18. The molecule has 0 bridgehead atoms. The third-order valence-corrected chi connectivity index (χ3v) is 5.27. The Balaban J connectivity index is 1.44. The van der Waals surface area contributed by atoms with Crippen LogP contribution >= 0.6 is 0 Å². The minimum Gasteiger partial charge on any atom is -0.375 e. The smallest absolute Gasteiger partial charge is 0.241 e. The highest BCUT2D eigenvalue weighted by Gasteiger charge is 2.27. The number of carbonyl (C=O) groups excluding carboxylic acids is 1. The van der Waals surface area contributed by atoms with E-state index in [2.05, 4.69) is 46.1 Å². The molecule has 7 nitrogen and oxygen atoms in total. The molecular formula is C20H27N5O2. The average molecular weight is 369 g/mol. The maximum Gasteiger partial charge on any atom is 0.241 e. The Hall–Kier alpha value is -2.38. The van der Waals surface area contributed by atoms with Crippen molar-refractivity contribution in [2.75, 3.05) is 49.1 Å². The van der Waals surface area contributed by atoms with Gasteiger partial charge in [-0.25, -0.2) is 0 Å². The Morgan fingerprint density at radius 2 is 2.07 bits per heavy atom. The van der Waals surface area contributed by atoms with Crippen LogP contribution in [0.1, 0.15) is 12.5 Å². The molecule has 2 aliphatic rings. The van der Waals surface area contributed by atoms with Gasteiger partial charge < -0.3 is 14.5 Å². The van der Waals surface area contributed by atoms with Gasteiger partial charge in [-0.1, -0.05) is 18.2 Å². The van der Waals surface area contributed by atoms with E-state index in [0.29, 0.717) is 13.1 Å². The number of carbonyl (C=O) groups is 1. The van der Waals surface area contributed by atoms with Gasteiger partial charge in [-0.05, 0) is 18.6 Å². The molecule has 2 fully saturated rings. The van der Waals surface area contributed by atoms with Crippen molar-refractivity contribution in [2.45, 2.75) is 19.6 Å². The predicted octanol–water partition coefficient (Wildman–Crippen LogP) is 1.49. The first kappa shape index (κ1) is 18.0. The lowest BCUT2D eigenvalue weighted by Crippen LogP contribution is -2.50. The highest BCUT2D eigenvalue weighted by Crippen LogP contribution is 2.25. The number of anilines is 2. The molecular weight excluding hydrogens is 342 g/mol. The van der Waals surface area contributed by atoms with Crippen LogP contribution in [-0.2, 0) is 23.1 Å². The van der Waals surface area contributed by atoms with Crippen molar-refractivity contribution in [2.24, 2.45) is 7.05 Å². The lowest BCUT2D eigenvalue weighted by atomic mass is 10.1. The maximum absolute atomic E-state index is 12.7. The van der Waals surface area contributed by atoms with Gasteiger partial charge in [0, 0.05) is 51.7 Å². The third kappa shape index (κ3) is 3.99. The first-order chi connectivity index (χ1) is 13.1. The first-order valence-corrected chi connectivity index (χ1v) is 9.56. The monoisotopic (exact) mass is 369 g/mol. The van der Waals surface area contributed by atoms with E-state index in [4.69, 9.17) is 4.74 Å². The summed E-state index contributed by atoms with van der Waals surface area (Å²) in [6.45, 7) is 7.47. The summed E-state index contributed by atoms with van der Waals surface area (Å²) in [6, 6.07) is 8.52. The summed E-state index contributed by atoms with van der Waals surface area (Å²) in [4.78, 5) is 19.1. The zero-order valence-electron chi connectivity index (χ0n) is 16.0. The molecule has 2 aromatic rings. The van der Waals surface area contributed by atoms with E-state index in [9.17, 15) is 4.79 Å². The highest BCUT2D eigenvalue weighted by atomic mass is 16.5. The van der Waals surface area contributed by atoms with Crippen LogP contribution < -0.4 is 9.80 Å². The van der Waals surface area contributed by atoms with Gasteiger partial charge >= 0.3 is 0 Å². The molecule has 0 spiro atoms. The van der Waals surface area contributed by atoms with Gasteiger partial charge in [0.15, 0.2) is 0 Å². The molecule has 0 aliphatic carbocycles. The van der Waals surface area contributed by atoms with Crippen LogP contribution in [0.25, 0.3) is 0 Å². The number of ether oxygens (including phenoxy) is 1. The average Bonchev–Trinajstić information content (AvgIpc) is 3.08. The van der Waals surface area contributed by atoms with Crippen LogP contribution in [-0.4, -0.2) is 66.0 Å². The van der Waals surface area contributed by atoms with E-state index in [0.717, 1.165) is 38.5 Å². The van der Waals surface area contributed by atoms with Crippen molar-refractivity contribution < 1.29 is 9.53 Å². The lowest BCUT2D eigenvalue weighted by Gasteiger charge is -2.36. The number of aromatic nitrogens is 2. The number of hydrogen-bond donors (Lipinski definition) is 0. The van der Waals surface area contributed by atoms with Gasteiger partial charge in [-0.2, -0.15) is 5.10 Å². The van der Waals surface area contributed by atoms with E-state index in [1.807, 2.05) is 18.1 Å². The second-order valence-electron chi connectivity index (χ2n) is 7.38. The van der Waals surface area contributed by atoms with Crippen molar-refractivity contribution in [3.8, 4) is 0 Å². The van der Waals surface area contributed by atoms with Crippen molar-refractivity contribution >= 4 is 17.3 Å². The summed E-state index contributed by atoms with van der Waals surface area (Å²) in [7, 11) is 1.87. The Bertz CT molecular complexity index is 805. The lowest BCUT2D eigenvalue weighted by molar-refractivity contribution is -0.121. The molecule has 3 heterocycles. The molecule has 7 heteroatoms. The number of piperazine rings is 1. The fraction of sp³-hybridized carbons (Fsp3) is 0.500. The van der Waals surface area contributed by atoms with Gasteiger partial charge in [0.1, 0.15) is 0 Å². The molecule has 1 aromatic carbocycles. The molecule has 0 radical (unpaired) electrons. The van der Waals surface area contributed by atoms with E-state index in [1.54, 1.807) is 10.9 Å². The maximum atomic E-state index is 12.7. The minimum absolute atomic E-state index is 0.131. The fourth-order valence-electron chi connectivity index (χ4n) is 3.91. The molecule has 27 heavy (non-hydrogen) atoms. The van der Waals surface area contributed by atoms with Gasteiger partial charge in [-0.15, -0.1) is 0 Å². The normalized spacial score (nSPS) is 21.7. The third-order valence-electron chi connectivity index (χ3n) is 5.27. The van der Waals surface area contributed by atoms with Gasteiger partial charge in [0.2, 0.25) is 5.91 Å². The SMILES string of the molecule is CC1CN(c2ccccc2CN2CCN(c3cnn(C)c3)C(=O)C2)CCO1. The topological polar surface area (TPSA) is 53.8 Å². The van der Waals surface area contributed by atoms with Crippen molar-refractivity contribution in [3.63, 3.8) is 0 Å². The van der Waals surface area contributed by atoms with Crippen molar-refractivity contribution in [1.29, 1.82) is 0 Å². The number of rotatable bonds is 4. The van der Waals surface area contributed by atoms with E-state index >= 15 is 0 Å². The van der Waals surface area contributed by atoms with Crippen LogP contribution in [0, 0.1) is 0 Å². The summed E-state index contributed by atoms with van der Waals surface area (Å²) >= 11 is 0. The van der Waals surface area contributed by atoms with Crippen LogP contribution in [0.4, 0.5) is 11.4 Å². The molecule has 1 amide bonds. The van der Waals surface area contributed by atoms with E-state index in [1.165, 1.54) is 11.3 Å². The minimum atomic E-state index is 0.131. The number of amides is 1. The zero-order chi connectivity index (χ0) is 18.8. The predicted molar refractivity (Wildman–Crippen MR) is 105 cm³/mol. The van der Waals surface area contributed by atoms with E-state index < -0.39 is 0 Å². The fourth-order valence-corrected chi connectivity index (χ4v) is 3.91. The number of aryl methyl sites for hydroxylation is 1. The summed E-state index contributed by atoms with van der Waals surface area (Å²) in [5.74, 6) is 0.131. The zero-order valence-corrected chi connectivity index (χ0v) is 16.0. The molecule has 2 aliphatic heterocycles. The molecule has 144 valence electrons. The molecule has 0 N–H and O–H groups in total. The second kappa shape index (κ2) is 7.70. The molecule has 1 aromatic heterocycles. The Morgan fingerprint density at radius 3 is 2.81 bits per heavy atom. The number of nitrogens with zero attached hydrogens (tertiary/aromatic N) is 5.